The van der Waals surface area contributed by atoms with Crippen molar-refractivity contribution in [2.45, 2.75) is 46.1 Å². The quantitative estimate of drug-likeness (QED) is 0.891. The SMILES string of the molecule is Cc1cc(C(C)NC(=O)C2CC23CCNCC3)c(C)o1. The molecule has 1 saturated carbocycles. The first kappa shape index (κ1) is 13.7. The van der Waals surface area contributed by atoms with Crippen molar-refractivity contribution in [2.75, 3.05) is 13.1 Å². The molecule has 0 bridgehead atoms. The third-order valence-corrected chi connectivity index (χ3v) is 5.01. The molecule has 2 atom stereocenters. The Hall–Kier alpha value is -1.29. The molecule has 3 rings (SSSR count). The lowest BCUT2D eigenvalue weighted by atomic mass is 9.91. The van der Waals surface area contributed by atoms with Crippen molar-refractivity contribution >= 4 is 5.91 Å². The van der Waals surface area contributed by atoms with E-state index in [1.54, 1.807) is 0 Å². The molecule has 2 fully saturated rings. The molecule has 1 aliphatic heterocycles. The number of nitrogens with one attached hydrogen (secondary N) is 2. The van der Waals surface area contributed by atoms with Crippen LogP contribution in [0.3, 0.4) is 0 Å². The molecule has 2 heterocycles. The van der Waals surface area contributed by atoms with Gasteiger partial charge in [-0.3, -0.25) is 4.79 Å². The number of aryl methyl sites for hydroxylation is 2. The lowest BCUT2D eigenvalue weighted by molar-refractivity contribution is -0.123. The Bertz CT molecular complexity index is 515. The highest BCUT2D eigenvalue weighted by Gasteiger charge is 2.57. The second-order valence-electron chi connectivity index (χ2n) is 6.47. The first-order chi connectivity index (χ1) is 9.52. The zero-order valence-corrected chi connectivity index (χ0v) is 12.6. The maximum atomic E-state index is 12.4. The van der Waals surface area contributed by atoms with Crippen molar-refractivity contribution in [3.63, 3.8) is 0 Å². The fraction of sp³-hybridized carbons (Fsp3) is 0.688. The van der Waals surface area contributed by atoms with Gasteiger partial charge < -0.3 is 15.1 Å². The van der Waals surface area contributed by atoms with Gasteiger partial charge in [0.1, 0.15) is 11.5 Å². The Morgan fingerprint density at radius 2 is 2.15 bits per heavy atom. The average molecular weight is 276 g/mol. The molecule has 2 unspecified atom stereocenters. The van der Waals surface area contributed by atoms with Gasteiger partial charge >= 0.3 is 0 Å². The summed E-state index contributed by atoms with van der Waals surface area (Å²) >= 11 is 0. The predicted molar refractivity (Wildman–Crippen MR) is 77.4 cm³/mol. The monoisotopic (exact) mass is 276 g/mol. The summed E-state index contributed by atoms with van der Waals surface area (Å²) in [4.78, 5) is 12.4. The molecular formula is C16H24N2O2. The Labute approximate surface area is 120 Å². The Morgan fingerprint density at radius 1 is 1.45 bits per heavy atom. The molecule has 4 heteroatoms. The maximum absolute atomic E-state index is 12.4. The maximum Gasteiger partial charge on any atom is 0.224 e. The van der Waals surface area contributed by atoms with Crippen molar-refractivity contribution in [1.82, 2.24) is 10.6 Å². The number of amides is 1. The molecule has 4 nitrogen and oxygen atoms in total. The molecule has 20 heavy (non-hydrogen) atoms. The van der Waals surface area contributed by atoms with Gasteiger partial charge in [0.25, 0.3) is 0 Å². The minimum absolute atomic E-state index is 0.0271. The minimum atomic E-state index is 0.0271. The third kappa shape index (κ3) is 2.37. The van der Waals surface area contributed by atoms with Gasteiger partial charge in [0.05, 0.1) is 6.04 Å². The van der Waals surface area contributed by atoms with Gasteiger partial charge in [-0.25, -0.2) is 0 Å². The van der Waals surface area contributed by atoms with E-state index in [2.05, 4.69) is 10.6 Å². The number of carbonyl (C=O) groups excluding carboxylic acids is 1. The van der Waals surface area contributed by atoms with E-state index in [4.69, 9.17) is 4.42 Å². The van der Waals surface area contributed by atoms with Crippen LogP contribution in [0.2, 0.25) is 0 Å². The van der Waals surface area contributed by atoms with Crippen molar-refractivity contribution in [2.24, 2.45) is 11.3 Å². The molecule has 1 aliphatic carbocycles. The van der Waals surface area contributed by atoms with Gasteiger partial charge in [0.15, 0.2) is 0 Å². The highest BCUT2D eigenvalue weighted by molar-refractivity contribution is 5.83. The second-order valence-corrected chi connectivity index (χ2v) is 6.47. The van der Waals surface area contributed by atoms with Crippen molar-refractivity contribution in [3.05, 3.63) is 23.2 Å². The van der Waals surface area contributed by atoms with E-state index in [1.807, 2.05) is 26.8 Å². The summed E-state index contributed by atoms with van der Waals surface area (Å²) in [5, 5.41) is 6.54. The van der Waals surface area contributed by atoms with Crippen molar-refractivity contribution in [1.29, 1.82) is 0 Å². The van der Waals surface area contributed by atoms with E-state index in [9.17, 15) is 4.79 Å². The summed E-state index contributed by atoms with van der Waals surface area (Å²) in [7, 11) is 0. The number of carbonyl (C=O) groups is 1. The normalized spacial score (nSPS) is 25.4. The van der Waals surface area contributed by atoms with Crippen LogP contribution in [0.1, 0.15) is 49.3 Å². The molecule has 1 amide bonds. The number of rotatable bonds is 3. The van der Waals surface area contributed by atoms with Gasteiger partial charge in [-0.05, 0) is 64.6 Å². The first-order valence-corrected chi connectivity index (χ1v) is 7.60. The van der Waals surface area contributed by atoms with Crippen LogP contribution in [0.15, 0.2) is 10.5 Å². The fourth-order valence-corrected chi connectivity index (χ4v) is 3.67. The summed E-state index contributed by atoms with van der Waals surface area (Å²) in [6.07, 6.45) is 3.35. The molecule has 0 aromatic carbocycles. The van der Waals surface area contributed by atoms with Gasteiger partial charge in [0, 0.05) is 11.5 Å². The highest BCUT2D eigenvalue weighted by atomic mass is 16.3. The predicted octanol–water partition coefficient (Wildman–Crippen LogP) is 2.46. The van der Waals surface area contributed by atoms with Crippen LogP contribution in [0, 0.1) is 25.2 Å². The van der Waals surface area contributed by atoms with E-state index in [-0.39, 0.29) is 17.9 Å². The van der Waals surface area contributed by atoms with Gasteiger partial charge in [0.2, 0.25) is 5.91 Å². The smallest absolute Gasteiger partial charge is 0.224 e. The van der Waals surface area contributed by atoms with Crippen LogP contribution in [0.25, 0.3) is 0 Å². The third-order valence-electron chi connectivity index (χ3n) is 5.01. The number of piperidine rings is 1. The number of furan rings is 1. The summed E-state index contributed by atoms with van der Waals surface area (Å²) in [5.74, 6) is 2.25. The van der Waals surface area contributed by atoms with E-state index in [1.165, 1.54) is 0 Å². The largest absolute Gasteiger partial charge is 0.466 e. The molecule has 2 N–H and O–H groups in total. The summed E-state index contributed by atoms with van der Waals surface area (Å²) in [6, 6.07) is 2.05. The molecule has 1 spiro atoms. The van der Waals surface area contributed by atoms with Crippen LogP contribution >= 0.6 is 0 Å². The zero-order chi connectivity index (χ0) is 14.3. The lowest BCUT2D eigenvalue weighted by Crippen LogP contribution is -2.34. The molecule has 1 aromatic rings. The van der Waals surface area contributed by atoms with Gasteiger partial charge in [-0.1, -0.05) is 0 Å². The molecule has 2 aliphatic rings. The molecule has 1 aromatic heterocycles. The van der Waals surface area contributed by atoms with Crippen LogP contribution in [0.5, 0.6) is 0 Å². The Morgan fingerprint density at radius 3 is 2.75 bits per heavy atom. The number of hydrogen-bond acceptors (Lipinski definition) is 3. The summed E-state index contributed by atoms with van der Waals surface area (Å²) in [5.41, 5.74) is 1.40. The summed E-state index contributed by atoms with van der Waals surface area (Å²) < 4.78 is 5.54. The van der Waals surface area contributed by atoms with Gasteiger partial charge in [-0.15, -0.1) is 0 Å². The van der Waals surface area contributed by atoms with Crippen molar-refractivity contribution < 1.29 is 9.21 Å². The van der Waals surface area contributed by atoms with Crippen LogP contribution in [0.4, 0.5) is 0 Å². The minimum Gasteiger partial charge on any atom is -0.466 e. The molecular weight excluding hydrogens is 252 g/mol. The molecule has 0 radical (unpaired) electrons. The average Bonchev–Trinajstić information content (AvgIpc) is 2.98. The standard InChI is InChI=1S/C16H24N2O2/c1-10-8-13(12(3)20-10)11(2)18-15(19)14-9-16(14)4-6-17-7-5-16/h8,11,14,17H,4-7,9H2,1-3H3,(H,18,19). The fourth-order valence-electron chi connectivity index (χ4n) is 3.67. The first-order valence-electron chi connectivity index (χ1n) is 7.60. The second kappa shape index (κ2) is 4.92. The molecule has 1 saturated heterocycles. The Balaban J connectivity index is 1.61. The lowest BCUT2D eigenvalue weighted by Gasteiger charge is -2.23. The van der Waals surface area contributed by atoms with Crippen LogP contribution in [-0.2, 0) is 4.79 Å². The number of hydrogen-bond donors (Lipinski definition) is 2. The van der Waals surface area contributed by atoms with Gasteiger partial charge in [-0.2, -0.15) is 0 Å². The van der Waals surface area contributed by atoms with Crippen LogP contribution < -0.4 is 10.6 Å². The summed E-state index contributed by atoms with van der Waals surface area (Å²) in [6.45, 7) is 8.04. The van der Waals surface area contributed by atoms with E-state index >= 15 is 0 Å². The molecule has 110 valence electrons. The van der Waals surface area contributed by atoms with E-state index < -0.39 is 0 Å². The highest BCUT2D eigenvalue weighted by Crippen LogP contribution is 2.58. The van der Waals surface area contributed by atoms with E-state index in [0.29, 0.717) is 5.41 Å². The van der Waals surface area contributed by atoms with Crippen molar-refractivity contribution in [3.8, 4) is 0 Å². The van der Waals surface area contributed by atoms with Crippen LogP contribution in [-0.4, -0.2) is 19.0 Å². The topological polar surface area (TPSA) is 54.3 Å². The van der Waals surface area contributed by atoms with E-state index in [0.717, 1.165) is 49.4 Å². The zero-order valence-electron chi connectivity index (χ0n) is 12.6. The Kier molecular flexibility index (Phi) is 3.36.